The minimum atomic E-state index is -2.91. The third kappa shape index (κ3) is 5.78. The Morgan fingerprint density at radius 3 is 1.33 bits per heavy atom. The van der Waals surface area contributed by atoms with Crippen LogP contribution in [-0.2, 0) is 0 Å². The van der Waals surface area contributed by atoms with E-state index >= 15 is 0 Å². The van der Waals surface area contributed by atoms with Gasteiger partial charge in [0, 0.05) is 32.8 Å². The summed E-state index contributed by atoms with van der Waals surface area (Å²) >= 11 is 0. The molecule has 2 nitrogen and oxygen atoms in total. The van der Waals surface area contributed by atoms with Crippen LogP contribution in [0.1, 0.15) is 0 Å². The van der Waals surface area contributed by atoms with Crippen LogP contribution < -0.4 is 20.7 Å². The molecule has 0 radical (unpaired) electrons. The third-order valence-electron chi connectivity index (χ3n) is 13.1. The van der Waals surface area contributed by atoms with E-state index in [9.17, 15) is 0 Å². The highest BCUT2D eigenvalue weighted by Gasteiger charge is 2.43. The summed E-state index contributed by atoms with van der Waals surface area (Å²) in [5, 5.41) is 10.5. The van der Waals surface area contributed by atoms with E-state index in [-0.39, 0.29) is 0 Å². The molecule has 0 saturated heterocycles. The maximum absolute atomic E-state index is 2.91. The fourth-order valence-electron chi connectivity index (χ4n) is 10.4. The average Bonchev–Trinajstić information content (AvgIpc) is 3.89. The summed E-state index contributed by atoms with van der Waals surface area (Å²) in [6.45, 7) is 0. The van der Waals surface area contributed by atoms with Crippen molar-refractivity contribution in [1.29, 1.82) is 0 Å². The molecule has 63 heavy (non-hydrogen) atoms. The van der Waals surface area contributed by atoms with Gasteiger partial charge in [-0.25, -0.2) is 0 Å². The molecule has 0 saturated carbocycles. The third-order valence-corrected chi connectivity index (χ3v) is 17.9. The van der Waals surface area contributed by atoms with Gasteiger partial charge in [0.1, 0.15) is 0 Å². The number of rotatable bonds is 8. The van der Waals surface area contributed by atoms with E-state index in [1.165, 1.54) is 86.6 Å². The molecule has 2 aromatic heterocycles. The van der Waals surface area contributed by atoms with Gasteiger partial charge in [0.05, 0.1) is 27.8 Å². The molecule has 0 unspecified atom stereocenters. The predicted octanol–water partition coefficient (Wildman–Crippen LogP) is 12.6. The first-order valence-electron chi connectivity index (χ1n) is 21.8. The topological polar surface area (TPSA) is 9.86 Å². The number of hydrogen-bond acceptors (Lipinski definition) is 0. The molecule has 2 heterocycles. The number of aromatic nitrogens is 2. The largest absolute Gasteiger partial charge is 0.309 e. The lowest BCUT2D eigenvalue weighted by Crippen LogP contribution is -2.74. The molecule has 0 spiro atoms. The minimum absolute atomic E-state index is 1.13. The quantitative estimate of drug-likeness (QED) is 0.107. The van der Waals surface area contributed by atoms with E-state index in [0.29, 0.717) is 0 Å². The van der Waals surface area contributed by atoms with Crippen LogP contribution in [0.4, 0.5) is 0 Å². The van der Waals surface area contributed by atoms with Crippen molar-refractivity contribution in [2.45, 2.75) is 0 Å². The van der Waals surface area contributed by atoms with E-state index in [1.807, 2.05) is 0 Å². The summed E-state index contributed by atoms with van der Waals surface area (Å²) in [4.78, 5) is 0. The molecule has 12 aromatic rings. The summed E-state index contributed by atoms with van der Waals surface area (Å²) < 4.78 is 5.04. The first-order chi connectivity index (χ1) is 31.3. The van der Waals surface area contributed by atoms with Crippen molar-refractivity contribution in [2.75, 3.05) is 0 Å². The predicted molar refractivity (Wildman–Crippen MR) is 270 cm³/mol. The smallest absolute Gasteiger partial charge is 0.180 e. The number of benzene rings is 10. The highest BCUT2D eigenvalue weighted by Crippen LogP contribution is 2.44. The Morgan fingerprint density at radius 2 is 0.746 bits per heavy atom. The zero-order valence-corrected chi connectivity index (χ0v) is 35.6. The van der Waals surface area contributed by atoms with Gasteiger partial charge in [0.25, 0.3) is 0 Å². The summed E-state index contributed by atoms with van der Waals surface area (Å²) in [5.41, 5.74) is 11.8. The van der Waals surface area contributed by atoms with E-state index in [0.717, 1.165) is 11.4 Å². The van der Waals surface area contributed by atoms with Crippen LogP contribution >= 0.6 is 0 Å². The zero-order valence-electron chi connectivity index (χ0n) is 34.6. The lowest BCUT2D eigenvalue weighted by atomic mass is 9.99. The van der Waals surface area contributed by atoms with Gasteiger partial charge in [0.15, 0.2) is 8.07 Å². The molecule has 296 valence electrons. The van der Waals surface area contributed by atoms with Gasteiger partial charge in [0.2, 0.25) is 0 Å². The van der Waals surface area contributed by atoms with Crippen molar-refractivity contribution in [1.82, 2.24) is 9.13 Å². The molecule has 0 amide bonds. The highest BCUT2D eigenvalue weighted by molar-refractivity contribution is 7.20. The van der Waals surface area contributed by atoms with Gasteiger partial charge >= 0.3 is 0 Å². The van der Waals surface area contributed by atoms with Crippen LogP contribution in [0.3, 0.4) is 0 Å². The molecule has 3 heteroatoms. The molecule has 0 aliphatic carbocycles. The van der Waals surface area contributed by atoms with Crippen LogP contribution in [0.25, 0.3) is 77.2 Å². The van der Waals surface area contributed by atoms with Crippen molar-refractivity contribution in [3.05, 3.63) is 255 Å². The molecule has 0 fully saturated rings. The van der Waals surface area contributed by atoms with Crippen molar-refractivity contribution < 1.29 is 0 Å². The summed E-state index contributed by atoms with van der Waals surface area (Å²) in [6.07, 6.45) is 0. The number of para-hydroxylation sites is 2. The average molecular weight is 819 g/mol. The maximum Gasteiger partial charge on any atom is 0.180 e. The Balaban J connectivity index is 1.21. The molecule has 0 N–H and O–H groups in total. The van der Waals surface area contributed by atoms with Crippen LogP contribution in [0, 0.1) is 0 Å². The van der Waals surface area contributed by atoms with E-state index in [1.54, 1.807) is 0 Å². The number of hydrogen-bond donors (Lipinski definition) is 0. The fraction of sp³-hybridized carbons (Fsp3) is 0. The molecular weight excluding hydrogens is 777 g/mol. The van der Waals surface area contributed by atoms with Gasteiger partial charge in [-0.3, -0.25) is 0 Å². The Labute approximate surface area is 368 Å². The van der Waals surface area contributed by atoms with Crippen molar-refractivity contribution in [3.8, 4) is 33.6 Å². The molecular formula is C60H42N2Si. The minimum Gasteiger partial charge on any atom is -0.309 e. The van der Waals surface area contributed by atoms with E-state index < -0.39 is 8.07 Å². The highest BCUT2D eigenvalue weighted by atomic mass is 28.3. The Hall–Kier alpha value is -7.98. The van der Waals surface area contributed by atoms with Crippen molar-refractivity contribution >= 4 is 72.4 Å². The summed E-state index contributed by atoms with van der Waals surface area (Å²) in [6, 6.07) is 94.3. The second-order valence-corrected chi connectivity index (χ2v) is 20.2. The monoisotopic (exact) mass is 818 g/mol. The summed E-state index contributed by atoms with van der Waals surface area (Å²) in [7, 11) is -2.91. The van der Waals surface area contributed by atoms with Gasteiger partial charge in [-0.1, -0.05) is 218 Å². The Morgan fingerprint density at radius 1 is 0.286 bits per heavy atom. The normalized spacial score (nSPS) is 11.8. The number of fused-ring (bicyclic) bond motifs is 6. The Bertz CT molecular complexity index is 3480. The SMILES string of the molecule is c1ccc(-c2ccc(-n3c4ccccc4c4ccc(-n5c6ccccc6c6c([Si](c7ccccc7)(c7ccccc7)c7ccccc7)cccc65)c(-c5ccccc5)c43)cc2)cc1. The summed E-state index contributed by atoms with van der Waals surface area (Å²) in [5.74, 6) is 0. The molecule has 10 aromatic carbocycles. The lowest BCUT2D eigenvalue weighted by molar-refractivity contribution is 1.16. The number of nitrogens with zero attached hydrogens (tertiary/aromatic N) is 2. The molecule has 0 aliphatic heterocycles. The van der Waals surface area contributed by atoms with Crippen LogP contribution in [0.5, 0.6) is 0 Å². The lowest BCUT2D eigenvalue weighted by Gasteiger charge is -2.35. The fourth-order valence-corrected chi connectivity index (χ4v) is 15.4. The van der Waals surface area contributed by atoms with E-state index in [2.05, 4.69) is 264 Å². The standard InChI is InChI=1S/C60H42N2Si/c1-6-21-43(22-7-1)44-37-39-46(40-38-44)61-53-33-18-16-31-50(53)51-41-42-56(58(60(51)61)45-23-8-2-9-24-45)62-54-34-19-17-32-52(54)59-55(62)35-20-36-57(59)63(47-25-10-3-11-26-47,48-27-12-4-13-28-48)49-29-14-5-15-30-49/h1-42H. The van der Waals surface area contributed by atoms with Crippen LogP contribution in [0.15, 0.2) is 255 Å². The van der Waals surface area contributed by atoms with Crippen LogP contribution in [-0.4, -0.2) is 17.2 Å². The van der Waals surface area contributed by atoms with Gasteiger partial charge < -0.3 is 9.13 Å². The maximum atomic E-state index is 2.55. The second-order valence-electron chi connectivity index (χ2n) is 16.4. The first-order valence-corrected chi connectivity index (χ1v) is 23.8. The van der Waals surface area contributed by atoms with Crippen LogP contribution in [0.2, 0.25) is 0 Å². The van der Waals surface area contributed by atoms with Gasteiger partial charge in [-0.05, 0) is 73.8 Å². The zero-order chi connectivity index (χ0) is 41.7. The van der Waals surface area contributed by atoms with E-state index in [4.69, 9.17) is 0 Å². The van der Waals surface area contributed by atoms with Gasteiger partial charge in [-0.2, -0.15) is 0 Å². The molecule has 0 aliphatic rings. The molecule has 12 rings (SSSR count). The van der Waals surface area contributed by atoms with Crippen molar-refractivity contribution in [3.63, 3.8) is 0 Å². The molecule has 0 bridgehead atoms. The second kappa shape index (κ2) is 15.2. The first kappa shape index (κ1) is 36.8. The Kier molecular flexibility index (Phi) is 8.87. The van der Waals surface area contributed by atoms with Gasteiger partial charge in [-0.15, -0.1) is 0 Å². The molecule has 0 atom stereocenters. The van der Waals surface area contributed by atoms with Crippen molar-refractivity contribution in [2.24, 2.45) is 0 Å².